The van der Waals surface area contributed by atoms with E-state index in [0.717, 1.165) is 33.3 Å². The molecule has 2 fully saturated rings. The number of ether oxygens (including phenoxy) is 4. The van der Waals surface area contributed by atoms with Crippen molar-refractivity contribution in [2.24, 2.45) is 11.5 Å². The van der Waals surface area contributed by atoms with Crippen LogP contribution in [-0.4, -0.2) is 326 Å². The number of nitrogens with two attached hydrogens (primary N) is 2. The molecule has 0 saturated carbocycles. The standard InChI is InChI=1S/C86H123N17O30S7/c1-85(2)58-45-56(139(124,125)126)25-27-67(58)102(34-16-42-137(118,119)120)69(85)22-9-5-10-23-70-86(3,59-46-57(140(127,128)129)26-28-68(59)103(70)35-17-43-138(121,122)123)29-13-6-11-24-72(105)90-30-14-12-20-61-79(113)100-65-52-135-136-53-66(101-81(115)63(47-76(109)110)96-73(106)48-94-77(111)60(97-82(65)116)21-15-31-93-84(88)89)83(117)98-62(44-55-18-7-4-8-19-55)80(114)99-64(51-134-54-75(108)95-61)78(112)92-33-37-131-39-41-132-40-38-130-36-32-91-74(107)50-133-49-71(87)104/h4-5,7-10,18-19,22-23,25-28,45-46,60-66H,6,11-17,20-21,24,29-44,47-54H2,1-3H3,(H21-,87,88,89,90,91,92,93,94,95,96,97,98,99,100,101,104,105,106,107,108,109,110,111,112,113,114,115,116,117,118,119,120,121,122,123,124,125,126,127,128,129)/p+1/t60-,61-,62-,63-,64-,65-,66-,86?/m0/s1. The lowest BCUT2D eigenvalue weighted by molar-refractivity contribution is -0.437. The molecule has 47 nitrogen and oxygen atoms in total. The van der Waals surface area contributed by atoms with Gasteiger partial charge in [0.1, 0.15) is 62.1 Å². The Morgan fingerprint density at radius 3 is 1.76 bits per heavy atom. The predicted molar refractivity (Wildman–Crippen MR) is 517 cm³/mol. The molecule has 2 bridgehead atoms. The molecule has 12 amide bonds. The van der Waals surface area contributed by atoms with Crippen molar-refractivity contribution in [3.05, 3.63) is 119 Å². The molecule has 4 aliphatic heterocycles. The van der Waals surface area contributed by atoms with E-state index in [9.17, 15) is 119 Å². The van der Waals surface area contributed by atoms with E-state index < -0.39 is 224 Å². The van der Waals surface area contributed by atoms with E-state index in [4.69, 9.17) is 35.8 Å². The summed E-state index contributed by atoms with van der Waals surface area (Å²) in [6.45, 7) is 4.28. The minimum atomic E-state index is -4.81. The third-order valence-corrected chi connectivity index (χ3v) is 29.0. The third kappa shape index (κ3) is 40.0. The molecule has 3 aromatic carbocycles. The van der Waals surface area contributed by atoms with Crippen molar-refractivity contribution in [1.82, 2.24) is 63.8 Å². The van der Waals surface area contributed by atoms with Crippen LogP contribution >= 0.6 is 33.3 Å². The quantitative estimate of drug-likeness (QED) is 0.00584. The second-order valence-corrected chi connectivity index (χ2v) is 43.1. The van der Waals surface area contributed by atoms with Gasteiger partial charge in [0, 0.05) is 104 Å². The van der Waals surface area contributed by atoms with Gasteiger partial charge >= 0.3 is 5.97 Å². The van der Waals surface area contributed by atoms with Crippen LogP contribution in [0.5, 0.6) is 0 Å². The van der Waals surface area contributed by atoms with E-state index in [1.807, 2.05) is 6.92 Å². The monoisotopic (exact) mass is 2100 g/mol. The van der Waals surface area contributed by atoms with Crippen molar-refractivity contribution >= 4 is 174 Å². The Hall–Kier alpha value is -10.7. The van der Waals surface area contributed by atoms with Gasteiger partial charge in [0.2, 0.25) is 76.6 Å². The fraction of sp³-hybridized carbons (Fsp3) is 0.547. The molecule has 3 aromatic rings. The summed E-state index contributed by atoms with van der Waals surface area (Å²) in [5.74, 6) is -15.2. The summed E-state index contributed by atoms with van der Waals surface area (Å²) in [7, 11) is -16.6. The molecule has 0 aromatic heterocycles. The van der Waals surface area contributed by atoms with Gasteiger partial charge in [0.15, 0.2) is 11.7 Å². The molecule has 774 valence electrons. The minimum Gasteiger partial charge on any atom is -0.481 e. The van der Waals surface area contributed by atoms with Crippen molar-refractivity contribution in [2.45, 2.75) is 174 Å². The third-order valence-electron chi connectivity index (χ3n) is 22.2. The second-order valence-electron chi connectivity index (χ2n) is 33.5. The van der Waals surface area contributed by atoms with Gasteiger partial charge in [0.05, 0.1) is 85.1 Å². The SMILES string of the molecule is CC1(C)C(=CC=CC=CC2=[N+](CCCS(=O)(=O)O)c3ccc(S(=O)(=O)O)cc3C2(C)CCCCCC(=O)NCCCC[C@@H]2NC(=O)CSC[C@@H](C(=O)NCCOCCOCCOCCNC(=O)COCC(N)=O)NC(=O)[C@H](Cc3ccccc3)NC(=O)[C@@H]3CSSC[C@H](NC2=O)C(=O)N[C@@H](CCCNC(=N)N)C(=O)NCC(=O)N[C@@H](CC(=O)O)C(=O)N3)N(CCCS(=O)(=O)O)c2ccc(S(=O)(=O)O)cc21. The number of fused-ring (bicyclic) bond motifs is 7. The minimum absolute atomic E-state index is 0.00884. The first kappa shape index (κ1) is 116. The highest BCUT2D eigenvalue weighted by Gasteiger charge is 2.49. The van der Waals surface area contributed by atoms with E-state index in [1.54, 1.807) is 84.0 Å². The Labute approximate surface area is 823 Å². The van der Waals surface area contributed by atoms with Gasteiger partial charge in [0.25, 0.3) is 40.5 Å². The highest BCUT2D eigenvalue weighted by molar-refractivity contribution is 8.76. The van der Waals surface area contributed by atoms with Crippen LogP contribution in [0.1, 0.15) is 121 Å². The van der Waals surface area contributed by atoms with Gasteiger partial charge in [-0.2, -0.15) is 38.2 Å². The summed E-state index contributed by atoms with van der Waals surface area (Å²) in [4.78, 5) is 180. The van der Waals surface area contributed by atoms with Crippen LogP contribution < -0.4 is 80.2 Å². The Morgan fingerprint density at radius 1 is 0.557 bits per heavy atom. The van der Waals surface area contributed by atoms with Gasteiger partial charge in [-0.05, 0) is 106 Å². The number of hydrogen-bond acceptors (Lipinski definition) is 30. The maximum absolute atomic E-state index is 15.0. The number of allylic oxidation sites excluding steroid dienone is 6. The number of aliphatic carboxylic acids is 1. The number of anilines is 1. The van der Waals surface area contributed by atoms with Crippen LogP contribution in [0.15, 0.2) is 113 Å². The van der Waals surface area contributed by atoms with Gasteiger partial charge in [-0.1, -0.05) is 96.8 Å². The van der Waals surface area contributed by atoms with Crippen molar-refractivity contribution in [3.8, 4) is 0 Å². The first-order chi connectivity index (χ1) is 66.1. The molecule has 2 saturated heterocycles. The smallest absolute Gasteiger partial charge is 0.305 e. The fourth-order valence-electron chi connectivity index (χ4n) is 15.3. The first-order valence-electron chi connectivity index (χ1n) is 44.7. The van der Waals surface area contributed by atoms with Crippen molar-refractivity contribution in [2.75, 3.05) is 138 Å². The first-order valence-corrected chi connectivity index (χ1v) is 54.4. The van der Waals surface area contributed by atoms with Gasteiger partial charge < -0.3 is 104 Å². The number of carboxylic acids is 1. The average molecular weight is 2100 g/mol. The number of carboxylic acid groups (broad SMARTS) is 1. The van der Waals surface area contributed by atoms with E-state index >= 15 is 0 Å². The topological polar surface area (TPSA) is 723 Å². The number of guanidine groups is 1. The number of nitrogens with one attached hydrogen (secondary N) is 13. The van der Waals surface area contributed by atoms with Crippen molar-refractivity contribution in [3.63, 3.8) is 0 Å². The Balaban J connectivity index is 1.10. The zero-order chi connectivity index (χ0) is 103. The number of unbranched alkanes of at least 4 members (excludes halogenated alkanes) is 3. The highest BCUT2D eigenvalue weighted by atomic mass is 33.1. The molecule has 0 aliphatic carbocycles. The molecule has 8 atom stereocenters. The number of primary amides is 1. The summed E-state index contributed by atoms with van der Waals surface area (Å²) in [6, 6.07) is 5.05. The van der Waals surface area contributed by atoms with Crippen LogP contribution in [-0.2, 0) is 139 Å². The van der Waals surface area contributed by atoms with E-state index in [0.29, 0.717) is 58.7 Å². The largest absolute Gasteiger partial charge is 0.481 e. The number of amides is 12. The van der Waals surface area contributed by atoms with E-state index in [-0.39, 0.29) is 166 Å². The van der Waals surface area contributed by atoms with Gasteiger partial charge in [-0.25, -0.2) is 0 Å². The number of benzene rings is 3. The summed E-state index contributed by atoms with van der Waals surface area (Å²) in [5, 5.41) is 48.7. The lowest BCUT2D eigenvalue weighted by Gasteiger charge is -2.27. The number of thioether (sulfide) groups is 1. The molecule has 0 radical (unpaired) electrons. The van der Waals surface area contributed by atoms with Crippen LogP contribution in [0.4, 0.5) is 11.4 Å². The molecule has 7 rings (SSSR count). The molecule has 1 unspecified atom stereocenters. The molecule has 22 N–H and O–H groups in total. The van der Waals surface area contributed by atoms with Gasteiger partial charge in [-0.3, -0.25) is 85.9 Å². The van der Waals surface area contributed by atoms with Gasteiger partial charge in [-0.15, -0.1) is 11.8 Å². The maximum atomic E-state index is 15.0. The zero-order valence-electron chi connectivity index (χ0n) is 77.4. The van der Waals surface area contributed by atoms with E-state index in [1.165, 1.54) is 36.4 Å². The Morgan fingerprint density at radius 2 is 1.13 bits per heavy atom. The lowest BCUT2D eigenvalue weighted by Crippen LogP contribution is -2.60. The van der Waals surface area contributed by atoms with E-state index in [2.05, 4.69) is 63.8 Å². The predicted octanol–water partition coefficient (Wildman–Crippen LogP) is -1.46. The normalized spacial score (nSPS) is 21.0. The van der Waals surface area contributed by atoms with Crippen molar-refractivity contribution in [1.29, 1.82) is 5.41 Å². The maximum Gasteiger partial charge on any atom is 0.305 e. The summed E-state index contributed by atoms with van der Waals surface area (Å²) in [6.07, 6.45) is 8.27. The highest BCUT2D eigenvalue weighted by Crippen LogP contribution is 2.49. The summed E-state index contributed by atoms with van der Waals surface area (Å²) in [5.41, 5.74) is 11.9. The average Bonchev–Trinajstić information content (AvgIpc) is 1.57. The number of rotatable bonds is 49. The molecule has 4 aliphatic rings. The Bertz CT molecular complexity index is 5510. The molecular formula is C86H124N17O30S7+. The number of hydrogen-bond donors (Lipinski definition) is 20. The van der Waals surface area contributed by atoms with Crippen LogP contribution in [0.2, 0.25) is 0 Å². The lowest BCUT2D eigenvalue weighted by atomic mass is 9.75. The number of carbonyl (C=O) groups excluding carboxylic acids is 12. The molecule has 0 spiro atoms. The van der Waals surface area contributed by atoms with Crippen molar-refractivity contribution < 1.29 is 143 Å². The Kier molecular flexibility index (Phi) is 47.1. The second kappa shape index (κ2) is 56.8. The van der Waals surface area contributed by atoms with Crippen LogP contribution in [0.25, 0.3) is 0 Å². The fourth-order valence-corrected chi connectivity index (χ4v) is 20.5. The zero-order valence-corrected chi connectivity index (χ0v) is 83.1. The molecule has 4 heterocycles. The molecule has 140 heavy (non-hydrogen) atoms. The van der Waals surface area contributed by atoms with Crippen LogP contribution in [0, 0.1) is 5.41 Å². The summed E-state index contributed by atoms with van der Waals surface area (Å²) < 4.78 is 161. The number of nitrogens with zero attached hydrogens (tertiary/aromatic N) is 2. The molecule has 54 heteroatoms. The van der Waals surface area contributed by atoms with Crippen LogP contribution in [0.3, 0.4) is 0 Å². The number of carbonyl (C=O) groups is 13. The summed E-state index contributed by atoms with van der Waals surface area (Å²) >= 11 is 0.839. The molecular weight excluding hydrogens is 1980 g/mol.